The first-order chi connectivity index (χ1) is 16.4. The van der Waals surface area contributed by atoms with Crippen LogP contribution in [0.4, 0.5) is 5.13 Å². The summed E-state index contributed by atoms with van der Waals surface area (Å²) >= 11 is 1.62. The summed E-state index contributed by atoms with van der Waals surface area (Å²) in [5, 5.41) is 17.1. The number of anilines is 1. The second kappa shape index (κ2) is 9.64. The number of rotatable bonds is 8. The zero-order valence-corrected chi connectivity index (χ0v) is 20.6. The van der Waals surface area contributed by atoms with Crippen LogP contribution in [0.1, 0.15) is 60.0 Å². The Morgan fingerprint density at radius 1 is 1.24 bits per heavy atom. The fourth-order valence-corrected chi connectivity index (χ4v) is 6.52. The highest BCUT2D eigenvalue weighted by molar-refractivity contribution is 7.15. The summed E-state index contributed by atoms with van der Waals surface area (Å²) in [5.41, 5.74) is 7.08. The number of hydrogen-bond acceptors (Lipinski definition) is 6. The van der Waals surface area contributed by atoms with Gasteiger partial charge in [-0.2, -0.15) is 0 Å². The first kappa shape index (κ1) is 23.3. The minimum absolute atomic E-state index is 0.0287. The molecule has 0 radical (unpaired) electrons. The van der Waals surface area contributed by atoms with Crippen LogP contribution in [0.3, 0.4) is 0 Å². The average molecular weight is 479 g/mol. The molecule has 6 nitrogen and oxygen atoms in total. The maximum absolute atomic E-state index is 12.7. The van der Waals surface area contributed by atoms with Gasteiger partial charge in [0.1, 0.15) is 0 Å². The van der Waals surface area contributed by atoms with Gasteiger partial charge in [0.2, 0.25) is 0 Å². The van der Waals surface area contributed by atoms with Crippen molar-refractivity contribution in [3.63, 3.8) is 0 Å². The van der Waals surface area contributed by atoms with Crippen molar-refractivity contribution in [3.05, 3.63) is 58.6 Å². The molecule has 4 N–H and O–H groups in total. The number of aryl methyl sites for hydroxylation is 1. The molecule has 0 unspecified atom stereocenters. The van der Waals surface area contributed by atoms with E-state index in [-0.39, 0.29) is 11.9 Å². The molecule has 2 aliphatic rings. The van der Waals surface area contributed by atoms with Crippen LogP contribution in [0.25, 0.3) is 10.8 Å². The largest absolute Gasteiger partial charge is 0.390 e. The molecule has 180 valence electrons. The van der Waals surface area contributed by atoms with Crippen molar-refractivity contribution in [1.29, 1.82) is 0 Å². The van der Waals surface area contributed by atoms with Crippen LogP contribution in [0.15, 0.2) is 42.5 Å². The molecule has 2 aliphatic carbocycles. The SMILES string of the molecule is CCCN(CCC1(O)CC(NC(=O)c2ccc3ccccc3c2)C1)[C@H]1CCc2nc(N)sc2C1. The maximum Gasteiger partial charge on any atom is 0.251 e. The van der Waals surface area contributed by atoms with E-state index in [9.17, 15) is 9.90 Å². The second-order valence-corrected chi connectivity index (χ2v) is 11.1. The monoisotopic (exact) mass is 478 g/mol. The van der Waals surface area contributed by atoms with E-state index < -0.39 is 5.60 Å². The van der Waals surface area contributed by atoms with Gasteiger partial charge in [-0.25, -0.2) is 4.98 Å². The Morgan fingerprint density at radius 3 is 2.82 bits per heavy atom. The van der Waals surface area contributed by atoms with Crippen molar-refractivity contribution in [3.8, 4) is 0 Å². The molecule has 1 atom stereocenters. The number of hydrogen-bond donors (Lipinski definition) is 3. The topological polar surface area (TPSA) is 91.5 Å². The first-order valence-corrected chi connectivity index (χ1v) is 13.2. The van der Waals surface area contributed by atoms with Crippen LogP contribution in [0.5, 0.6) is 0 Å². The smallest absolute Gasteiger partial charge is 0.251 e. The van der Waals surface area contributed by atoms with Gasteiger partial charge < -0.3 is 16.2 Å². The Morgan fingerprint density at radius 2 is 2.03 bits per heavy atom. The molecule has 1 amide bonds. The fourth-order valence-electron chi connectivity index (χ4n) is 5.57. The van der Waals surface area contributed by atoms with E-state index in [0.717, 1.165) is 56.0 Å². The van der Waals surface area contributed by atoms with E-state index in [1.807, 2.05) is 42.5 Å². The van der Waals surface area contributed by atoms with Gasteiger partial charge in [0.15, 0.2) is 5.13 Å². The lowest BCUT2D eigenvalue weighted by molar-refractivity contribution is -0.0671. The summed E-state index contributed by atoms with van der Waals surface area (Å²) in [6.45, 7) is 4.12. The highest BCUT2D eigenvalue weighted by atomic mass is 32.1. The zero-order valence-electron chi connectivity index (χ0n) is 19.8. The standard InChI is InChI=1S/C27H34N4O2S/c1-2-12-31(22-9-10-23-24(15-22)34-26(28)30-23)13-11-27(33)16-21(17-27)29-25(32)20-8-7-18-5-3-4-6-19(18)14-20/h3-8,14,21-22,33H,2,9-13,15-17H2,1H3,(H2,28,30)(H,29,32)/t21?,22-,27?/m0/s1. The van der Waals surface area contributed by atoms with Crippen molar-refractivity contribution in [2.24, 2.45) is 0 Å². The third-order valence-electron chi connectivity index (χ3n) is 7.42. The van der Waals surface area contributed by atoms with E-state index in [2.05, 4.69) is 22.1 Å². The number of fused-ring (bicyclic) bond motifs is 2. The summed E-state index contributed by atoms with van der Waals surface area (Å²) in [5.74, 6) is -0.0627. The van der Waals surface area contributed by atoms with E-state index in [4.69, 9.17) is 5.73 Å². The summed E-state index contributed by atoms with van der Waals surface area (Å²) < 4.78 is 0. The Bertz CT molecular complexity index is 1170. The van der Waals surface area contributed by atoms with Crippen LogP contribution in [0, 0.1) is 0 Å². The fraction of sp³-hybridized carbons (Fsp3) is 0.481. The number of nitrogens with one attached hydrogen (secondary N) is 1. The van der Waals surface area contributed by atoms with Crippen molar-refractivity contribution in [2.45, 2.75) is 69.6 Å². The number of aliphatic hydroxyl groups is 1. The van der Waals surface area contributed by atoms with Gasteiger partial charge in [-0.15, -0.1) is 11.3 Å². The van der Waals surface area contributed by atoms with Crippen molar-refractivity contribution in [1.82, 2.24) is 15.2 Å². The van der Waals surface area contributed by atoms with Crippen molar-refractivity contribution < 1.29 is 9.90 Å². The number of nitrogens with two attached hydrogens (primary N) is 1. The van der Waals surface area contributed by atoms with Gasteiger partial charge in [0.05, 0.1) is 11.3 Å². The van der Waals surface area contributed by atoms with Gasteiger partial charge in [0.25, 0.3) is 5.91 Å². The molecule has 3 aromatic rings. The highest BCUT2D eigenvalue weighted by Gasteiger charge is 2.43. The molecule has 0 saturated heterocycles. The lowest BCUT2D eigenvalue weighted by atomic mass is 9.73. The van der Waals surface area contributed by atoms with Crippen LogP contribution < -0.4 is 11.1 Å². The minimum Gasteiger partial charge on any atom is -0.390 e. The van der Waals surface area contributed by atoms with Crippen LogP contribution in [-0.2, 0) is 12.8 Å². The Balaban J connectivity index is 1.13. The third kappa shape index (κ3) is 4.97. The Labute approximate surface area is 205 Å². The predicted octanol–water partition coefficient (Wildman–Crippen LogP) is 4.16. The third-order valence-corrected chi connectivity index (χ3v) is 8.37. The summed E-state index contributed by atoms with van der Waals surface area (Å²) in [7, 11) is 0. The zero-order chi connectivity index (χ0) is 23.7. The normalized spacial score (nSPS) is 24.1. The number of aromatic nitrogens is 1. The maximum atomic E-state index is 12.7. The second-order valence-electron chi connectivity index (χ2n) is 9.97. The Hall–Kier alpha value is -2.48. The molecular weight excluding hydrogens is 444 g/mol. The molecular formula is C27H34N4O2S. The molecule has 0 bridgehead atoms. The first-order valence-electron chi connectivity index (χ1n) is 12.4. The summed E-state index contributed by atoms with van der Waals surface area (Å²) in [4.78, 5) is 21.1. The van der Waals surface area contributed by atoms with Crippen LogP contribution in [0.2, 0.25) is 0 Å². The number of thiazole rings is 1. The number of nitrogen functional groups attached to an aromatic ring is 1. The minimum atomic E-state index is -0.692. The van der Waals surface area contributed by atoms with Crippen LogP contribution in [-0.4, -0.2) is 51.7 Å². The molecule has 34 heavy (non-hydrogen) atoms. The molecule has 7 heteroatoms. The molecule has 0 aliphatic heterocycles. The molecule has 1 heterocycles. The molecule has 0 spiro atoms. The Kier molecular flexibility index (Phi) is 6.60. The van der Waals surface area contributed by atoms with E-state index in [1.54, 1.807) is 11.3 Å². The predicted molar refractivity (Wildman–Crippen MR) is 138 cm³/mol. The van der Waals surface area contributed by atoms with Crippen molar-refractivity contribution >= 4 is 33.1 Å². The lowest BCUT2D eigenvalue weighted by Gasteiger charge is -2.45. The summed E-state index contributed by atoms with van der Waals surface area (Å²) in [6.07, 6.45) is 6.16. The highest BCUT2D eigenvalue weighted by Crippen LogP contribution is 2.37. The quantitative estimate of drug-likeness (QED) is 0.452. The lowest BCUT2D eigenvalue weighted by Crippen LogP contribution is -2.56. The number of benzene rings is 2. The number of carbonyl (C=O) groups is 1. The van der Waals surface area contributed by atoms with Gasteiger partial charge in [0, 0.05) is 29.1 Å². The van der Waals surface area contributed by atoms with Gasteiger partial charge >= 0.3 is 0 Å². The molecule has 2 aromatic carbocycles. The number of carbonyl (C=O) groups excluding carboxylic acids is 1. The van der Waals surface area contributed by atoms with E-state index in [1.165, 1.54) is 10.6 Å². The van der Waals surface area contributed by atoms with Gasteiger partial charge in [-0.1, -0.05) is 37.3 Å². The van der Waals surface area contributed by atoms with Crippen LogP contribution >= 0.6 is 11.3 Å². The summed E-state index contributed by atoms with van der Waals surface area (Å²) in [6, 6.07) is 14.4. The van der Waals surface area contributed by atoms with Gasteiger partial charge in [-0.05, 0) is 74.4 Å². The molecule has 1 fully saturated rings. The van der Waals surface area contributed by atoms with Crippen molar-refractivity contribution in [2.75, 3.05) is 18.8 Å². The molecule has 1 saturated carbocycles. The van der Waals surface area contributed by atoms with E-state index in [0.29, 0.717) is 29.6 Å². The molecule has 5 rings (SSSR count). The average Bonchev–Trinajstić information content (AvgIpc) is 3.19. The van der Waals surface area contributed by atoms with Gasteiger partial charge in [-0.3, -0.25) is 9.69 Å². The number of nitrogens with zero attached hydrogens (tertiary/aromatic N) is 2. The van der Waals surface area contributed by atoms with E-state index >= 15 is 0 Å². The molecule has 1 aromatic heterocycles. The number of amides is 1.